The Morgan fingerprint density at radius 1 is 1.50 bits per heavy atom. The number of nitro benzene ring substituents is 1. The average Bonchev–Trinajstić information content (AvgIpc) is 2.77. The lowest BCUT2D eigenvalue weighted by Gasteiger charge is -1.98. The third-order valence-electron chi connectivity index (χ3n) is 2.42. The minimum atomic E-state index is -0.588. The summed E-state index contributed by atoms with van der Waals surface area (Å²) in [6, 6.07) is 1.18. The topological polar surface area (TPSA) is 133 Å². The second-order valence-electron chi connectivity index (χ2n) is 3.41. The van der Waals surface area contributed by atoms with Gasteiger partial charge in [0.15, 0.2) is 5.36 Å². The summed E-state index contributed by atoms with van der Waals surface area (Å²) in [6.07, 6.45) is 0.373. The second kappa shape index (κ2) is 4.15. The molecule has 1 amide bonds. The Balaban J connectivity index is 2.90. The van der Waals surface area contributed by atoms with Crippen LogP contribution in [0.2, 0.25) is 0 Å². The Kier molecular flexibility index (Phi) is 2.66. The quantitative estimate of drug-likeness (QED) is 0.248. The number of benzene rings is 1. The zero-order valence-corrected chi connectivity index (χ0v) is 9.12. The first kappa shape index (κ1) is 11.6. The largest absolute Gasteiger partial charge is 0.542 e. The Bertz CT molecular complexity index is 732. The molecule has 1 N–H and O–H groups in total. The molecule has 0 aromatic heterocycles. The van der Waals surface area contributed by atoms with E-state index in [1.54, 1.807) is 0 Å². The van der Waals surface area contributed by atoms with Crippen molar-refractivity contribution in [3.8, 4) is 0 Å². The van der Waals surface area contributed by atoms with Crippen LogP contribution < -0.4 is 16.0 Å². The number of carbonyl (C=O) groups is 1. The number of nitrogens with one attached hydrogen (secondary N) is 1. The molecule has 1 aromatic carbocycles. The molecule has 9 heteroatoms. The van der Waals surface area contributed by atoms with Gasteiger partial charge in [-0.1, -0.05) is 4.99 Å². The third-order valence-corrected chi connectivity index (χ3v) is 2.42. The molecule has 90 valence electrons. The number of anilines is 1. The molecule has 0 bridgehead atoms. The molecule has 0 aliphatic carbocycles. The molecule has 0 radical (unpaired) electrons. The molecule has 1 aliphatic rings. The number of hydrogen-bond donors (Lipinski definition) is 1. The number of nitrogens with zero attached hydrogens (tertiary/aromatic N) is 5. The Hall–Kier alpha value is -2.93. The fourth-order valence-electron chi connectivity index (χ4n) is 1.62. The highest BCUT2D eigenvalue weighted by atomic mass is 16.6. The lowest BCUT2D eigenvalue weighted by Crippen LogP contribution is -2.29. The molecule has 0 unspecified atom stereocenters. The molecule has 0 saturated carbocycles. The van der Waals surface area contributed by atoms with Crippen molar-refractivity contribution in [2.24, 2.45) is 9.98 Å². The minimum Gasteiger partial charge on any atom is -0.542 e. The summed E-state index contributed by atoms with van der Waals surface area (Å²) in [5.41, 5.74) is 8.83. The Labute approximate surface area is 99.3 Å². The standard InChI is InChI=1S/C9H6N6O3/c1-4-6(15(17)18)2-5(11-3-16)8-7(4)12-9(13-8)14-10/h2-3H,1H3,(H,11,16). The zero-order valence-electron chi connectivity index (χ0n) is 9.12. The van der Waals surface area contributed by atoms with Crippen molar-refractivity contribution < 1.29 is 14.5 Å². The lowest BCUT2D eigenvalue weighted by molar-refractivity contribution is -0.385. The SMILES string of the molecule is Cc1c([N+](=O)[O-])cc(NC=O)c2c1=NC(=[N+]=[N-])N=2. The van der Waals surface area contributed by atoms with Crippen LogP contribution in [0.15, 0.2) is 16.1 Å². The maximum Gasteiger partial charge on any atom is 0.507 e. The van der Waals surface area contributed by atoms with Gasteiger partial charge in [0.05, 0.1) is 16.2 Å². The van der Waals surface area contributed by atoms with Crippen LogP contribution >= 0.6 is 0 Å². The summed E-state index contributed by atoms with van der Waals surface area (Å²) in [7, 11) is 0. The van der Waals surface area contributed by atoms with Gasteiger partial charge in [0.25, 0.3) is 5.69 Å². The Morgan fingerprint density at radius 3 is 2.72 bits per heavy atom. The lowest BCUT2D eigenvalue weighted by atomic mass is 10.1. The minimum absolute atomic E-state index is 0.139. The summed E-state index contributed by atoms with van der Waals surface area (Å²) < 4.78 is 0. The van der Waals surface area contributed by atoms with Gasteiger partial charge in [-0.3, -0.25) is 14.9 Å². The molecule has 0 spiro atoms. The number of hydrogen-bond acceptors (Lipinski definition) is 3. The van der Waals surface area contributed by atoms with Gasteiger partial charge in [0, 0.05) is 6.07 Å². The highest BCUT2D eigenvalue weighted by Crippen LogP contribution is 2.16. The van der Waals surface area contributed by atoms with Crippen molar-refractivity contribution in [2.75, 3.05) is 5.32 Å². The van der Waals surface area contributed by atoms with Crippen LogP contribution in [0.3, 0.4) is 0 Å². The first-order valence-corrected chi connectivity index (χ1v) is 4.76. The predicted octanol–water partition coefficient (Wildman–Crippen LogP) is -0.690. The molecule has 2 rings (SSSR count). The van der Waals surface area contributed by atoms with Gasteiger partial charge >= 0.3 is 5.96 Å². The second-order valence-corrected chi connectivity index (χ2v) is 3.41. The fraction of sp³-hybridized carbons (Fsp3) is 0.111. The molecule has 0 saturated heterocycles. The van der Waals surface area contributed by atoms with Gasteiger partial charge in [-0.15, -0.1) is 0 Å². The van der Waals surface area contributed by atoms with E-state index >= 15 is 0 Å². The Morgan fingerprint density at radius 2 is 2.17 bits per heavy atom. The van der Waals surface area contributed by atoms with Crippen LogP contribution in [0.4, 0.5) is 11.4 Å². The zero-order chi connectivity index (χ0) is 13.3. The van der Waals surface area contributed by atoms with E-state index in [0.29, 0.717) is 6.41 Å². The smallest absolute Gasteiger partial charge is 0.507 e. The highest BCUT2D eigenvalue weighted by molar-refractivity contribution is 5.81. The molecule has 1 aliphatic heterocycles. The van der Waals surface area contributed by atoms with Gasteiger partial charge in [-0.05, 0) is 11.9 Å². The van der Waals surface area contributed by atoms with Gasteiger partial charge in [0.1, 0.15) is 0 Å². The number of amides is 1. The van der Waals surface area contributed by atoms with Crippen LogP contribution in [0.25, 0.3) is 5.53 Å². The van der Waals surface area contributed by atoms with Gasteiger partial charge in [-0.2, -0.15) is 0 Å². The van der Waals surface area contributed by atoms with Gasteiger partial charge in [0.2, 0.25) is 11.8 Å². The van der Waals surface area contributed by atoms with Crippen LogP contribution in [0, 0.1) is 17.0 Å². The van der Waals surface area contributed by atoms with Crippen LogP contribution in [0.1, 0.15) is 5.56 Å². The number of fused-ring (bicyclic) bond motifs is 1. The van der Waals surface area contributed by atoms with Crippen molar-refractivity contribution in [2.45, 2.75) is 6.92 Å². The van der Waals surface area contributed by atoms with Gasteiger partial charge < -0.3 is 15.6 Å². The molecular weight excluding hydrogens is 240 g/mol. The number of guanidine groups is 1. The monoisotopic (exact) mass is 246 g/mol. The molecular formula is C9H6N6O3. The number of nitro groups is 1. The summed E-state index contributed by atoms with van der Waals surface area (Å²) >= 11 is 0. The predicted molar refractivity (Wildman–Crippen MR) is 58.5 cm³/mol. The van der Waals surface area contributed by atoms with E-state index in [9.17, 15) is 14.9 Å². The van der Waals surface area contributed by atoms with E-state index in [1.807, 2.05) is 0 Å². The summed E-state index contributed by atoms with van der Waals surface area (Å²) in [5.74, 6) is -0.220. The average molecular weight is 246 g/mol. The maximum atomic E-state index is 10.9. The van der Waals surface area contributed by atoms with E-state index in [1.165, 1.54) is 13.0 Å². The van der Waals surface area contributed by atoms with Crippen molar-refractivity contribution in [3.63, 3.8) is 0 Å². The molecule has 1 aromatic rings. The highest BCUT2D eigenvalue weighted by Gasteiger charge is 2.25. The molecule has 9 nitrogen and oxygen atoms in total. The van der Waals surface area contributed by atoms with Crippen LogP contribution in [-0.2, 0) is 4.79 Å². The first-order valence-electron chi connectivity index (χ1n) is 4.76. The van der Waals surface area contributed by atoms with E-state index in [4.69, 9.17) is 5.53 Å². The van der Waals surface area contributed by atoms with E-state index in [-0.39, 0.29) is 33.6 Å². The van der Waals surface area contributed by atoms with Crippen LogP contribution in [-0.4, -0.2) is 22.1 Å². The maximum absolute atomic E-state index is 10.9. The number of rotatable bonds is 3. The van der Waals surface area contributed by atoms with E-state index in [2.05, 4.69) is 20.1 Å². The number of carbonyl (C=O) groups excluding carboxylic acids is 1. The molecule has 0 fully saturated rings. The summed E-state index contributed by atoms with van der Waals surface area (Å²) in [6.45, 7) is 1.50. The van der Waals surface area contributed by atoms with E-state index in [0.717, 1.165) is 0 Å². The van der Waals surface area contributed by atoms with Crippen molar-refractivity contribution in [1.29, 1.82) is 0 Å². The summed E-state index contributed by atoms with van der Waals surface area (Å²) in [4.78, 5) is 31.2. The van der Waals surface area contributed by atoms with Crippen LogP contribution in [0.5, 0.6) is 0 Å². The van der Waals surface area contributed by atoms with Crippen molar-refractivity contribution in [1.82, 2.24) is 0 Å². The third kappa shape index (κ3) is 1.64. The van der Waals surface area contributed by atoms with Crippen molar-refractivity contribution in [3.05, 3.63) is 38.0 Å². The molecule has 18 heavy (non-hydrogen) atoms. The normalized spacial score (nSPS) is 11.9. The van der Waals surface area contributed by atoms with Crippen molar-refractivity contribution >= 4 is 23.7 Å². The van der Waals surface area contributed by atoms with Gasteiger partial charge in [-0.25, -0.2) is 0 Å². The summed E-state index contributed by atoms with van der Waals surface area (Å²) in [5, 5.41) is 13.6. The van der Waals surface area contributed by atoms with E-state index < -0.39 is 4.92 Å². The first-order chi connectivity index (χ1) is 8.58. The fourth-order valence-corrected chi connectivity index (χ4v) is 1.62. The molecule has 0 atom stereocenters. The molecule has 1 heterocycles.